The molecule has 0 aliphatic rings. The van der Waals surface area contributed by atoms with Crippen LogP contribution in [0.2, 0.25) is 0 Å². The topological polar surface area (TPSA) is 92.0 Å². The fourth-order valence-corrected chi connectivity index (χ4v) is 1.45. The standard InChI is InChI=1S/C12H11N3O2/c13-11(17)6-3-9-7-14-15-12(9)8-1-4-10(16)5-2-8/h1-7,16H,(H2,13,17)(H,14,15)/b6-3-. The van der Waals surface area contributed by atoms with Gasteiger partial charge in [-0.3, -0.25) is 9.89 Å². The van der Waals surface area contributed by atoms with Crippen molar-refractivity contribution in [3.8, 4) is 17.0 Å². The normalized spacial score (nSPS) is 10.8. The van der Waals surface area contributed by atoms with Crippen LogP contribution in [-0.2, 0) is 4.79 Å². The molecule has 0 fully saturated rings. The number of nitrogens with one attached hydrogen (secondary N) is 1. The first kappa shape index (κ1) is 10.9. The Balaban J connectivity index is 2.36. The molecule has 0 saturated heterocycles. The summed E-state index contributed by atoms with van der Waals surface area (Å²) in [6.45, 7) is 0. The number of nitrogens with two attached hydrogens (primary N) is 1. The zero-order chi connectivity index (χ0) is 12.3. The minimum Gasteiger partial charge on any atom is -0.508 e. The van der Waals surface area contributed by atoms with Crippen LogP contribution < -0.4 is 5.73 Å². The van der Waals surface area contributed by atoms with Crippen LogP contribution in [-0.4, -0.2) is 21.2 Å². The highest BCUT2D eigenvalue weighted by atomic mass is 16.3. The van der Waals surface area contributed by atoms with E-state index >= 15 is 0 Å². The summed E-state index contributed by atoms with van der Waals surface area (Å²) in [5.74, 6) is -0.314. The Kier molecular flexibility index (Phi) is 2.91. The maximum absolute atomic E-state index is 10.7. The Labute approximate surface area is 97.6 Å². The van der Waals surface area contributed by atoms with Crippen LogP contribution in [0.15, 0.2) is 36.5 Å². The molecule has 86 valence electrons. The molecule has 0 radical (unpaired) electrons. The van der Waals surface area contributed by atoms with Crippen molar-refractivity contribution in [2.45, 2.75) is 0 Å². The van der Waals surface area contributed by atoms with Crippen molar-refractivity contribution in [1.82, 2.24) is 10.2 Å². The fraction of sp³-hybridized carbons (Fsp3) is 0. The number of phenolic OH excluding ortho intramolecular Hbond substituents is 1. The number of nitrogens with zero attached hydrogens (tertiary/aromatic N) is 1. The number of rotatable bonds is 3. The number of benzene rings is 1. The second kappa shape index (κ2) is 4.52. The third-order valence-electron chi connectivity index (χ3n) is 2.25. The highest BCUT2D eigenvalue weighted by Gasteiger charge is 2.05. The highest BCUT2D eigenvalue weighted by molar-refractivity contribution is 5.91. The molecule has 0 unspecified atom stereocenters. The SMILES string of the molecule is NC(=O)/C=C\c1cn[nH]c1-c1ccc(O)cc1. The maximum atomic E-state index is 10.7. The number of hydrogen-bond donors (Lipinski definition) is 3. The quantitative estimate of drug-likeness (QED) is 0.692. The molecule has 0 spiro atoms. The molecule has 0 bridgehead atoms. The summed E-state index contributed by atoms with van der Waals surface area (Å²) in [7, 11) is 0. The lowest BCUT2D eigenvalue weighted by Gasteiger charge is -1.99. The summed E-state index contributed by atoms with van der Waals surface area (Å²) in [5, 5.41) is 15.9. The lowest BCUT2D eigenvalue weighted by atomic mass is 10.1. The minimum absolute atomic E-state index is 0.197. The Morgan fingerprint density at radius 1 is 1.35 bits per heavy atom. The van der Waals surface area contributed by atoms with Gasteiger partial charge >= 0.3 is 0 Å². The van der Waals surface area contributed by atoms with Gasteiger partial charge in [-0.2, -0.15) is 5.10 Å². The van der Waals surface area contributed by atoms with Gasteiger partial charge in [-0.05, 0) is 30.3 Å². The van der Waals surface area contributed by atoms with Gasteiger partial charge in [-0.25, -0.2) is 0 Å². The van der Waals surface area contributed by atoms with Gasteiger partial charge in [0.2, 0.25) is 5.91 Å². The van der Waals surface area contributed by atoms with E-state index in [1.54, 1.807) is 36.5 Å². The van der Waals surface area contributed by atoms with Crippen LogP contribution in [0, 0.1) is 0 Å². The first-order valence-electron chi connectivity index (χ1n) is 4.97. The largest absolute Gasteiger partial charge is 0.508 e. The van der Waals surface area contributed by atoms with Crippen LogP contribution in [0.4, 0.5) is 0 Å². The van der Waals surface area contributed by atoms with Gasteiger partial charge in [-0.15, -0.1) is 0 Å². The van der Waals surface area contributed by atoms with Gasteiger partial charge in [0.15, 0.2) is 0 Å². The predicted molar refractivity (Wildman–Crippen MR) is 63.9 cm³/mol. The lowest BCUT2D eigenvalue weighted by molar-refractivity contribution is -0.113. The number of aromatic nitrogens is 2. The van der Waals surface area contributed by atoms with Crippen LogP contribution in [0.25, 0.3) is 17.3 Å². The van der Waals surface area contributed by atoms with Crippen molar-refractivity contribution < 1.29 is 9.90 Å². The molecule has 17 heavy (non-hydrogen) atoms. The number of aromatic amines is 1. The van der Waals surface area contributed by atoms with E-state index in [1.165, 1.54) is 6.08 Å². The van der Waals surface area contributed by atoms with E-state index in [0.29, 0.717) is 0 Å². The van der Waals surface area contributed by atoms with Crippen molar-refractivity contribution >= 4 is 12.0 Å². The molecule has 0 atom stereocenters. The Hall–Kier alpha value is -2.56. The second-order valence-corrected chi connectivity index (χ2v) is 3.48. The van der Waals surface area contributed by atoms with E-state index in [2.05, 4.69) is 10.2 Å². The van der Waals surface area contributed by atoms with E-state index in [0.717, 1.165) is 16.8 Å². The van der Waals surface area contributed by atoms with Gasteiger partial charge in [0.25, 0.3) is 0 Å². The van der Waals surface area contributed by atoms with E-state index in [9.17, 15) is 9.90 Å². The third-order valence-corrected chi connectivity index (χ3v) is 2.25. The van der Waals surface area contributed by atoms with Crippen molar-refractivity contribution in [2.75, 3.05) is 0 Å². The average molecular weight is 229 g/mol. The van der Waals surface area contributed by atoms with Gasteiger partial charge in [0.1, 0.15) is 5.75 Å². The van der Waals surface area contributed by atoms with E-state index in [1.807, 2.05) is 0 Å². The summed E-state index contributed by atoms with van der Waals surface area (Å²) in [5.41, 5.74) is 7.42. The summed E-state index contributed by atoms with van der Waals surface area (Å²) in [6.07, 6.45) is 4.46. The average Bonchev–Trinajstić information content (AvgIpc) is 2.75. The molecular formula is C12H11N3O2. The Morgan fingerprint density at radius 3 is 2.71 bits per heavy atom. The molecule has 4 N–H and O–H groups in total. The second-order valence-electron chi connectivity index (χ2n) is 3.48. The van der Waals surface area contributed by atoms with E-state index in [4.69, 9.17) is 5.73 Å². The molecule has 5 nitrogen and oxygen atoms in total. The number of aromatic hydroxyl groups is 1. The Morgan fingerprint density at radius 2 is 2.06 bits per heavy atom. The number of carbonyl (C=O) groups is 1. The third kappa shape index (κ3) is 2.52. The van der Waals surface area contributed by atoms with E-state index < -0.39 is 5.91 Å². The molecule has 0 aliphatic heterocycles. The summed E-state index contributed by atoms with van der Waals surface area (Å²) in [4.78, 5) is 10.7. The predicted octanol–water partition coefficient (Wildman–Crippen LogP) is 1.28. The van der Waals surface area contributed by atoms with Gasteiger partial charge in [0, 0.05) is 17.2 Å². The number of carbonyl (C=O) groups excluding carboxylic acids is 1. The molecule has 5 heteroatoms. The van der Waals surface area contributed by atoms with Crippen molar-refractivity contribution in [1.29, 1.82) is 0 Å². The first-order valence-corrected chi connectivity index (χ1v) is 4.97. The maximum Gasteiger partial charge on any atom is 0.241 e. The number of hydrogen-bond acceptors (Lipinski definition) is 3. The highest BCUT2D eigenvalue weighted by Crippen LogP contribution is 2.23. The van der Waals surface area contributed by atoms with Crippen LogP contribution in [0.5, 0.6) is 5.75 Å². The molecular weight excluding hydrogens is 218 g/mol. The van der Waals surface area contributed by atoms with Gasteiger partial charge in [0.05, 0.1) is 11.9 Å². The zero-order valence-corrected chi connectivity index (χ0v) is 8.92. The molecule has 2 aromatic rings. The van der Waals surface area contributed by atoms with E-state index in [-0.39, 0.29) is 5.75 Å². The molecule has 1 heterocycles. The number of H-pyrrole nitrogens is 1. The molecule has 2 rings (SSSR count). The zero-order valence-electron chi connectivity index (χ0n) is 8.92. The smallest absolute Gasteiger partial charge is 0.241 e. The summed E-state index contributed by atoms with van der Waals surface area (Å²) < 4.78 is 0. The molecule has 0 aliphatic carbocycles. The molecule has 0 saturated carbocycles. The van der Waals surface area contributed by atoms with Crippen molar-refractivity contribution in [2.24, 2.45) is 5.73 Å². The molecule has 1 amide bonds. The summed E-state index contributed by atoms with van der Waals surface area (Å²) in [6, 6.07) is 6.67. The van der Waals surface area contributed by atoms with Gasteiger partial charge in [-0.1, -0.05) is 0 Å². The first-order chi connectivity index (χ1) is 8.16. The Bertz CT molecular complexity index is 555. The molecule has 1 aromatic heterocycles. The minimum atomic E-state index is -0.511. The van der Waals surface area contributed by atoms with Crippen LogP contribution >= 0.6 is 0 Å². The monoisotopic (exact) mass is 229 g/mol. The fourth-order valence-electron chi connectivity index (χ4n) is 1.45. The van der Waals surface area contributed by atoms with Crippen molar-refractivity contribution in [3.05, 3.63) is 42.1 Å². The number of amides is 1. The number of primary amides is 1. The van der Waals surface area contributed by atoms with Crippen LogP contribution in [0.1, 0.15) is 5.56 Å². The summed E-state index contributed by atoms with van der Waals surface area (Å²) >= 11 is 0. The van der Waals surface area contributed by atoms with Gasteiger partial charge < -0.3 is 10.8 Å². The van der Waals surface area contributed by atoms with Crippen LogP contribution in [0.3, 0.4) is 0 Å². The lowest BCUT2D eigenvalue weighted by Crippen LogP contribution is -2.05. The number of phenols is 1. The molecule has 1 aromatic carbocycles. The van der Waals surface area contributed by atoms with Crippen molar-refractivity contribution in [3.63, 3.8) is 0 Å².